The largest absolute Gasteiger partial charge is 0.493 e. The van der Waals surface area contributed by atoms with Crippen molar-refractivity contribution in [3.63, 3.8) is 0 Å². The molecule has 0 aliphatic carbocycles. The van der Waals surface area contributed by atoms with Gasteiger partial charge < -0.3 is 9.30 Å². The number of ether oxygens (including phenoxy) is 1. The molecule has 2 heterocycles. The molecule has 1 aromatic carbocycles. The van der Waals surface area contributed by atoms with Crippen molar-refractivity contribution in [2.45, 2.75) is 19.9 Å². The average molecular weight is 256 g/mol. The van der Waals surface area contributed by atoms with Crippen LogP contribution in [-0.4, -0.2) is 21.9 Å². The summed E-state index contributed by atoms with van der Waals surface area (Å²) in [5.41, 5.74) is 1.79. The third kappa shape index (κ3) is 2.38. The van der Waals surface area contributed by atoms with Crippen LogP contribution in [0.3, 0.4) is 0 Å². The lowest BCUT2D eigenvalue weighted by Crippen LogP contribution is -2.20. The number of rotatable bonds is 2. The lowest BCUT2D eigenvalue weighted by molar-refractivity contribution is 0.0901. The van der Waals surface area contributed by atoms with Crippen LogP contribution < -0.4 is 4.74 Å². The number of aryl methyl sites for hydroxylation is 1. The van der Waals surface area contributed by atoms with Crippen molar-refractivity contribution < 1.29 is 9.53 Å². The molecule has 0 N–H and O–H groups in total. The van der Waals surface area contributed by atoms with E-state index in [0.29, 0.717) is 24.5 Å². The van der Waals surface area contributed by atoms with Gasteiger partial charge in [0.05, 0.1) is 18.5 Å². The van der Waals surface area contributed by atoms with Crippen LogP contribution in [0.2, 0.25) is 0 Å². The molecular formula is C15H16N2O2. The topological polar surface area (TPSA) is 44.1 Å². The van der Waals surface area contributed by atoms with Crippen LogP contribution in [-0.2, 0) is 6.54 Å². The van der Waals surface area contributed by atoms with Gasteiger partial charge >= 0.3 is 0 Å². The smallest absolute Gasteiger partial charge is 0.171 e. The highest BCUT2D eigenvalue weighted by atomic mass is 16.5. The summed E-state index contributed by atoms with van der Waals surface area (Å²) in [5.74, 6) is 0.839. The van der Waals surface area contributed by atoms with E-state index in [1.54, 1.807) is 12.5 Å². The van der Waals surface area contributed by atoms with Crippen LogP contribution in [0.15, 0.2) is 36.9 Å². The second kappa shape index (κ2) is 4.88. The van der Waals surface area contributed by atoms with Gasteiger partial charge in [0.25, 0.3) is 0 Å². The number of hydrogen-bond acceptors (Lipinski definition) is 3. The standard InChI is InChI=1S/C15H16N2O2/c1-11-2-3-14-13(8-11)15(18)12(4-7-19-14)9-17-6-5-16-10-17/h2-3,5-6,8,10,12H,4,7,9H2,1H3. The van der Waals surface area contributed by atoms with Crippen molar-refractivity contribution in [3.05, 3.63) is 48.0 Å². The highest BCUT2D eigenvalue weighted by Crippen LogP contribution is 2.28. The minimum absolute atomic E-state index is 0.0442. The normalized spacial score (nSPS) is 18.6. The van der Waals surface area contributed by atoms with Gasteiger partial charge in [-0.25, -0.2) is 4.98 Å². The molecule has 98 valence electrons. The molecule has 3 rings (SSSR count). The van der Waals surface area contributed by atoms with Gasteiger partial charge in [-0.1, -0.05) is 11.6 Å². The number of imidazole rings is 1. The van der Waals surface area contributed by atoms with Crippen LogP contribution in [0, 0.1) is 12.8 Å². The first kappa shape index (κ1) is 12.0. The molecular weight excluding hydrogens is 240 g/mol. The van der Waals surface area contributed by atoms with E-state index in [0.717, 1.165) is 12.0 Å². The Hall–Kier alpha value is -2.10. The number of hydrogen-bond donors (Lipinski definition) is 0. The third-order valence-electron chi connectivity index (χ3n) is 3.49. The van der Waals surface area contributed by atoms with Crippen molar-refractivity contribution in [3.8, 4) is 5.75 Å². The fourth-order valence-corrected chi connectivity index (χ4v) is 2.45. The molecule has 1 unspecified atom stereocenters. The maximum atomic E-state index is 12.6. The summed E-state index contributed by atoms with van der Waals surface area (Å²) in [6.45, 7) is 3.24. The predicted molar refractivity (Wildman–Crippen MR) is 71.3 cm³/mol. The predicted octanol–water partition coefficient (Wildman–Crippen LogP) is 2.47. The van der Waals surface area contributed by atoms with Crippen molar-refractivity contribution in [1.29, 1.82) is 0 Å². The van der Waals surface area contributed by atoms with Crippen molar-refractivity contribution in [2.24, 2.45) is 5.92 Å². The SMILES string of the molecule is Cc1ccc2c(c1)C(=O)C(Cn1ccnc1)CCO2. The fourth-order valence-electron chi connectivity index (χ4n) is 2.45. The average Bonchev–Trinajstić information content (AvgIpc) is 2.86. The number of carbonyl (C=O) groups is 1. The molecule has 4 heteroatoms. The first-order valence-electron chi connectivity index (χ1n) is 6.47. The molecule has 0 spiro atoms. The molecule has 0 saturated carbocycles. The molecule has 1 atom stereocenters. The van der Waals surface area contributed by atoms with E-state index in [2.05, 4.69) is 4.98 Å². The Morgan fingerprint density at radius 1 is 1.47 bits per heavy atom. The van der Waals surface area contributed by atoms with E-state index in [9.17, 15) is 4.79 Å². The summed E-state index contributed by atoms with van der Waals surface area (Å²) in [6, 6.07) is 5.79. The first-order valence-corrected chi connectivity index (χ1v) is 6.47. The van der Waals surface area contributed by atoms with Crippen LogP contribution in [0.25, 0.3) is 0 Å². The van der Waals surface area contributed by atoms with E-state index in [4.69, 9.17) is 4.74 Å². The molecule has 0 radical (unpaired) electrons. The Bertz CT molecular complexity index is 590. The minimum atomic E-state index is -0.0442. The molecule has 2 aromatic rings. The molecule has 1 aliphatic rings. The quantitative estimate of drug-likeness (QED) is 0.829. The van der Waals surface area contributed by atoms with E-state index >= 15 is 0 Å². The van der Waals surface area contributed by atoms with Gasteiger partial charge in [-0.3, -0.25) is 4.79 Å². The van der Waals surface area contributed by atoms with E-state index < -0.39 is 0 Å². The number of aromatic nitrogens is 2. The van der Waals surface area contributed by atoms with Gasteiger partial charge in [-0.2, -0.15) is 0 Å². The molecule has 1 aromatic heterocycles. The van der Waals surface area contributed by atoms with Gasteiger partial charge in [0.2, 0.25) is 0 Å². The lowest BCUT2D eigenvalue weighted by Gasteiger charge is -2.13. The van der Waals surface area contributed by atoms with E-state index in [1.165, 1.54) is 0 Å². The number of Topliss-reactive ketones (excluding diaryl/α,β-unsaturated/α-hetero) is 1. The van der Waals surface area contributed by atoms with Crippen molar-refractivity contribution in [2.75, 3.05) is 6.61 Å². The number of carbonyl (C=O) groups excluding carboxylic acids is 1. The zero-order chi connectivity index (χ0) is 13.2. The highest BCUT2D eigenvalue weighted by Gasteiger charge is 2.26. The van der Waals surface area contributed by atoms with Gasteiger partial charge in [0, 0.05) is 24.9 Å². The second-order valence-electron chi connectivity index (χ2n) is 4.96. The zero-order valence-corrected chi connectivity index (χ0v) is 10.9. The summed E-state index contributed by atoms with van der Waals surface area (Å²) in [6.07, 6.45) is 6.10. The Balaban J connectivity index is 1.90. The number of fused-ring (bicyclic) bond motifs is 1. The number of benzene rings is 1. The van der Waals surface area contributed by atoms with Gasteiger partial charge in [0.15, 0.2) is 5.78 Å². The fraction of sp³-hybridized carbons (Fsp3) is 0.333. The summed E-state index contributed by atoms with van der Waals surface area (Å²) < 4.78 is 7.63. The maximum absolute atomic E-state index is 12.6. The summed E-state index contributed by atoms with van der Waals surface area (Å²) >= 11 is 0. The Kier molecular flexibility index (Phi) is 3.07. The Morgan fingerprint density at radius 2 is 2.37 bits per heavy atom. The van der Waals surface area contributed by atoms with Crippen molar-refractivity contribution >= 4 is 5.78 Å². The molecule has 1 aliphatic heterocycles. The minimum Gasteiger partial charge on any atom is -0.493 e. The van der Waals surface area contributed by atoms with Crippen LogP contribution in [0.4, 0.5) is 0 Å². The monoisotopic (exact) mass is 256 g/mol. The lowest BCUT2D eigenvalue weighted by atomic mass is 9.94. The van der Waals surface area contributed by atoms with Gasteiger partial charge in [-0.05, 0) is 25.5 Å². The van der Waals surface area contributed by atoms with Crippen LogP contribution in [0.1, 0.15) is 22.3 Å². The second-order valence-corrected chi connectivity index (χ2v) is 4.96. The third-order valence-corrected chi connectivity index (χ3v) is 3.49. The zero-order valence-electron chi connectivity index (χ0n) is 10.9. The summed E-state index contributed by atoms with van der Waals surface area (Å²) in [7, 11) is 0. The van der Waals surface area contributed by atoms with Crippen LogP contribution >= 0.6 is 0 Å². The van der Waals surface area contributed by atoms with Crippen molar-refractivity contribution in [1.82, 2.24) is 9.55 Å². The summed E-state index contributed by atoms with van der Waals surface area (Å²) in [5, 5.41) is 0. The van der Waals surface area contributed by atoms with E-state index in [-0.39, 0.29) is 11.7 Å². The van der Waals surface area contributed by atoms with Gasteiger partial charge in [-0.15, -0.1) is 0 Å². The van der Waals surface area contributed by atoms with Gasteiger partial charge in [0.1, 0.15) is 5.75 Å². The molecule has 4 nitrogen and oxygen atoms in total. The first-order chi connectivity index (χ1) is 9.24. The molecule has 0 fully saturated rings. The summed E-state index contributed by atoms with van der Waals surface area (Å²) in [4.78, 5) is 16.6. The molecule has 0 bridgehead atoms. The molecule has 19 heavy (non-hydrogen) atoms. The number of nitrogens with zero attached hydrogens (tertiary/aromatic N) is 2. The van der Waals surface area contributed by atoms with E-state index in [1.807, 2.05) is 35.9 Å². The van der Waals surface area contributed by atoms with Crippen LogP contribution in [0.5, 0.6) is 5.75 Å². The molecule has 0 amide bonds. The highest BCUT2D eigenvalue weighted by molar-refractivity contribution is 6.00. The number of ketones is 1. The Morgan fingerprint density at radius 3 is 3.16 bits per heavy atom. The molecule has 0 saturated heterocycles. The Labute approximate surface area is 112 Å². The maximum Gasteiger partial charge on any atom is 0.171 e.